The molecular weight excluding hydrogens is 334 g/mol. The number of carbonyl (C=O) groups is 1. The highest BCUT2D eigenvalue weighted by molar-refractivity contribution is 7.15. The lowest BCUT2D eigenvalue weighted by Crippen LogP contribution is -2.49. The standard InChI is InChI=1S/C18H25N5OS/c1-11(2)16-15(10-19-14(5)21-16)17(24)22-6-8-23(9-7-22)18-20-12(3)13(4)25-18/h10-11H,6-9H2,1-5H3. The summed E-state index contributed by atoms with van der Waals surface area (Å²) in [4.78, 5) is 31.7. The molecule has 134 valence electrons. The highest BCUT2D eigenvalue weighted by atomic mass is 32.1. The van der Waals surface area contributed by atoms with Gasteiger partial charge in [-0.1, -0.05) is 13.8 Å². The van der Waals surface area contributed by atoms with Gasteiger partial charge in [-0.15, -0.1) is 11.3 Å². The molecule has 1 aliphatic rings. The van der Waals surface area contributed by atoms with Crippen molar-refractivity contribution in [2.75, 3.05) is 31.1 Å². The third-order valence-electron chi connectivity index (χ3n) is 4.57. The lowest BCUT2D eigenvalue weighted by Gasteiger charge is -2.34. The largest absolute Gasteiger partial charge is 0.345 e. The van der Waals surface area contributed by atoms with Crippen LogP contribution in [0.15, 0.2) is 6.20 Å². The van der Waals surface area contributed by atoms with E-state index in [1.807, 2.05) is 18.7 Å². The van der Waals surface area contributed by atoms with Crippen LogP contribution in [0.2, 0.25) is 0 Å². The molecule has 0 bridgehead atoms. The molecule has 0 N–H and O–H groups in total. The summed E-state index contributed by atoms with van der Waals surface area (Å²) < 4.78 is 0. The minimum absolute atomic E-state index is 0.0369. The molecule has 7 heteroatoms. The van der Waals surface area contributed by atoms with E-state index in [1.54, 1.807) is 17.5 Å². The Morgan fingerprint density at radius 1 is 1.12 bits per heavy atom. The smallest absolute Gasteiger partial charge is 0.257 e. The van der Waals surface area contributed by atoms with E-state index in [9.17, 15) is 4.79 Å². The highest BCUT2D eigenvalue weighted by Crippen LogP contribution is 2.26. The van der Waals surface area contributed by atoms with Crippen molar-refractivity contribution < 1.29 is 4.79 Å². The third-order valence-corrected chi connectivity index (χ3v) is 5.70. The molecule has 25 heavy (non-hydrogen) atoms. The second-order valence-electron chi connectivity index (χ2n) is 6.79. The lowest BCUT2D eigenvalue weighted by atomic mass is 10.0. The molecule has 0 aliphatic carbocycles. The van der Waals surface area contributed by atoms with Crippen LogP contribution < -0.4 is 4.90 Å². The number of aryl methyl sites for hydroxylation is 3. The Morgan fingerprint density at radius 3 is 2.36 bits per heavy atom. The second-order valence-corrected chi connectivity index (χ2v) is 7.97. The fourth-order valence-corrected chi connectivity index (χ4v) is 3.92. The van der Waals surface area contributed by atoms with Gasteiger partial charge in [0.15, 0.2) is 5.13 Å². The maximum atomic E-state index is 13.0. The van der Waals surface area contributed by atoms with E-state index in [1.165, 1.54) is 4.88 Å². The second kappa shape index (κ2) is 7.07. The summed E-state index contributed by atoms with van der Waals surface area (Å²) in [7, 11) is 0. The molecule has 1 saturated heterocycles. The van der Waals surface area contributed by atoms with Gasteiger partial charge in [0, 0.05) is 37.3 Å². The average Bonchev–Trinajstić information content (AvgIpc) is 2.93. The maximum Gasteiger partial charge on any atom is 0.257 e. The Kier molecular flexibility index (Phi) is 5.03. The summed E-state index contributed by atoms with van der Waals surface area (Å²) in [5.74, 6) is 0.942. The van der Waals surface area contributed by atoms with Gasteiger partial charge in [0.1, 0.15) is 5.82 Å². The van der Waals surface area contributed by atoms with Gasteiger partial charge in [0.2, 0.25) is 0 Å². The fraction of sp³-hybridized carbons (Fsp3) is 0.556. The molecule has 2 aromatic rings. The van der Waals surface area contributed by atoms with Crippen LogP contribution in [-0.2, 0) is 0 Å². The first-order chi connectivity index (χ1) is 11.9. The van der Waals surface area contributed by atoms with Gasteiger partial charge < -0.3 is 9.80 Å². The zero-order chi connectivity index (χ0) is 18.1. The Bertz CT molecular complexity index is 758. The van der Waals surface area contributed by atoms with Crippen LogP contribution in [0.25, 0.3) is 0 Å². The first kappa shape index (κ1) is 17.8. The molecule has 1 aliphatic heterocycles. The number of nitrogens with zero attached hydrogens (tertiary/aromatic N) is 5. The molecule has 0 radical (unpaired) electrons. The summed E-state index contributed by atoms with van der Waals surface area (Å²) in [5, 5.41) is 1.06. The maximum absolute atomic E-state index is 13.0. The Hall–Kier alpha value is -2.02. The molecule has 3 rings (SSSR count). The number of carbonyl (C=O) groups excluding carboxylic acids is 1. The van der Waals surface area contributed by atoms with E-state index in [4.69, 9.17) is 0 Å². The predicted octanol–water partition coefficient (Wildman–Crippen LogP) is 2.94. The third kappa shape index (κ3) is 3.66. The molecule has 0 atom stereocenters. The van der Waals surface area contributed by atoms with Gasteiger partial charge in [-0.2, -0.15) is 0 Å². The topological polar surface area (TPSA) is 62.2 Å². The van der Waals surface area contributed by atoms with Crippen LogP contribution in [0.5, 0.6) is 0 Å². The lowest BCUT2D eigenvalue weighted by molar-refractivity contribution is 0.0744. The van der Waals surface area contributed by atoms with Gasteiger partial charge in [-0.3, -0.25) is 4.79 Å². The summed E-state index contributed by atoms with van der Waals surface area (Å²) in [6.07, 6.45) is 1.68. The van der Waals surface area contributed by atoms with E-state index in [0.717, 1.165) is 29.6 Å². The monoisotopic (exact) mass is 359 g/mol. The van der Waals surface area contributed by atoms with Crippen molar-refractivity contribution in [2.24, 2.45) is 0 Å². The number of hydrogen-bond acceptors (Lipinski definition) is 6. The molecular formula is C18H25N5OS. The van der Waals surface area contributed by atoms with Crippen molar-refractivity contribution in [2.45, 2.75) is 40.5 Å². The van der Waals surface area contributed by atoms with Crippen LogP contribution in [0, 0.1) is 20.8 Å². The zero-order valence-electron chi connectivity index (χ0n) is 15.5. The average molecular weight is 359 g/mol. The number of thiazole rings is 1. The fourth-order valence-electron chi connectivity index (χ4n) is 2.95. The van der Waals surface area contributed by atoms with E-state index in [2.05, 4.69) is 40.6 Å². The van der Waals surface area contributed by atoms with Gasteiger partial charge in [0.05, 0.1) is 17.0 Å². The van der Waals surface area contributed by atoms with E-state index < -0.39 is 0 Å². The molecule has 2 aromatic heterocycles. The Labute approximate surface area is 152 Å². The number of amides is 1. The van der Waals surface area contributed by atoms with Crippen molar-refractivity contribution in [3.63, 3.8) is 0 Å². The summed E-state index contributed by atoms with van der Waals surface area (Å²) in [5.41, 5.74) is 2.57. The minimum Gasteiger partial charge on any atom is -0.345 e. The quantitative estimate of drug-likeness (QED) is 0.843. The van der Waals surface area contributed by atoms with Crippen molar-refractivity contribution >= 4 is 22.4 Å². The molecule has 0 saturated carbocycles. The molecule has 0 unspecified atom stereocenters. The van der Waals surface area contributed by atoms with Crippen LogP contribution in [-0.4, -0.2) is 51.9 Å². The van der Waals surface area contributed by atoms with Gasteiger partial charge in [0.25, 0.3) is 5.91 Å². The molecule has 0 aromatic carbocycles. The van der Waals surface area contributed by atoms with Crippen molar-refractivity contribution in [1.82, 2.24) is 19.9 Å². The van der Waals surface area contributed by atoms with E-state index >= 15 is 0 Å². The number of piperazine rings is 1. The summed E-state index contributed by atoms with van der Waals surface area (Å²) >= 11 is 1.73. The van der Waals surface area contributed by atoms with Crippen LogP contribution in [0.3, 0.4) is 0 Å². The molecule has 6 nitrogen and oxygen atoms in total. The normalized spacial score (nSPS) is 15.1. The van der Waals surface area contributed by atoms with Crippen LogP contribution in [0.1, 0.15) is 52.2 Å². The summed E-state index contributed by atoms with van der Waals surface area (Å²) in [6, 6.07) is 0. The molecule has 3 heterocycles. The van der Waals surface area contributed by atoms with E-state index in [-0.39, 0.29) is 11.8 Å². The van der Waals surface area contributed by atoms with Crippen LogP contribution >= 0.6 is 11.3 Å². The first-order valence-electron chi connectivity index (χ1n) is 8.68. The van der Waals surface area contributed by atoms with Gasteiger partial charge in [-0.25, -0.2) is 15.0 Å². The van der Waals surface area contributed by atoms with Crippen molar-refractivity contribution in [3.05, 3.63) is 33.8 Å². The number of rotatable bonds is 3. The predicted molar refractivity (Wildman–Crippen MR) is 101 cm³/mol. The molecule has 0 spiro atoms. The minimum atomic E-state index is 0.0369. The first-order valence-corrected chi connectivity index (χ1v) is 9.50. The Morgan fingerprint density at radius 2 is 1.80 bits per heavy atom. The number of hydrogen-bond donors (Lipinski definition) is 0. The van der Waals surface area contributed by atoms with Gasteiger partial charge in [-0.05, 0) is 26.7 Å². The van der Waals surface area contributed by atoms with Crippen molar-refractivity contribution in [1.29, 1.82) is 0 Å². The van der Waals surface area contributed by atoms with Crippen LogP contribution in [0.4, 0.5) is 5.13 Å². The molecule has 1 fully saturated rings. The van der Waals surface area contributed by atoms with Crippen molar-refractivity contribution in [3.8, 4) is 0 Å². The van der Waals surface area contributed by atoms with E-state index in [0.29, 0.717) is 24.5 Å². The highest BCUT2D eigenvalue weighted by Gasteiger charge is 2.26. The number of anilines is 1. The zero-order valence-corrected chi connectivity index (χ0v) is 16.4. The SMILES string of the molecule is Cc1ncc(C(=O)N2CCN(c3nc(C)c(C)s3)CC2)c(C(C)C)n1. The Balaban J connectivity index is 1.72. The summed E-state index contributed by atoms with van der Waals surface area (Å²) in [6.45, 7) is 13.1. The molecule has 1 amide bonds. The van der Waals surface area contributed by atoms with Gasteiger partial charge >= 0.3 is 0 Å². The number of aromatic nitrogens is 3.